The Morgan fingerprint density at radius 2 is 2.03 bits per heavy atom. The Balaban J connectivity index is 1.34. The molecule has 0 amide bonds. The van der Waals surface area contributed by atoms with Crippen LogP contribution >= 0.6 is 23.4 Å². The minimum atomic E-state index is -0.741. The third-order valence-corrected chi connectivity index (χ3v) is 7.99. The van der Waals surface area contributed by atoms with E-state index in [1.54, 1.807) is 43.7 Å². The highest BCUT2D eigenvalue weighted by atomic mass is 35.5. The zero-order valence-electron chi connectivity index (χ0n) is 19.4. The number of hydrogen-bond donors (Lipinski definition) is 2. The van der Waals surface area contributed by atoms with Gasteiger partial charge in [0.1, 0.15) is 10.8 Å². The van der Waals surface area contributed by atoms with Crippen molar-refractivity contribution in [2.24, 2.45) is 5.41 Å². The molecule has 1 unspecified atom stereocenters. The van der Waals surface area contributed by atoms with Crippen LogP contribution in [0.15, 0.2) is 48.0 Å². The molecule has 3 aromatic rings. The first-order valence-corrected chi connectivity index (χ1v) is 12.9. The Kier molecular flexibility index (Phi) is 8.60. The van der Waals surface area contributed by atoms with Crippen LogP contribution < -0.4 is 4.74 Å². The Morgan fingerprint density at radius 3 is 2.74 bits per heavy atom. The molecule has 1 fully saturated rings. The van der Waals surface area contributed by atoms with Gasteiger partial charge >= 0.3 is 0 Å². The Hall–Kier alpha value is -1.97. The number of aliphatic hydroxyl groups is 2. The number of piperidine rings is 1. The molecule has 2 N–H and O–H groups in total. The quantitative estimate of drug-likeness (QED) is 0.395. The zero-order chi connectivity index (χ0) is 24.0. The number of aromatic nitrogens is 3. The van der Waals surface area contributed by atoms with Gasteiger partial charge in [-0.2, -0.15) is 0 Å². The van der Waals surface area contributed by atoms with Crippen molar-refractivity contribution in [3.8, 4) is 5.75 Å². The number of nitrogens with zero attached hydrogens (tertiary/aromatic N) is 4. The largest absolute Gasteiger partial charge is 0.497 e. The molecule has 1 saturated heterocycles. The third-order valence-electron chi connectivity index (χ3n) is 6.80. The Bertz CT molecular complexity index is 1080. The maximum atomic E-state index is 11.1. The van der Waals surface area contributed by atoms with Crippen molar-refractivity contribution in [2.75, 3.05) is 39.1 Å². The SMILES string of the molecule is COc1ccc2ncc(Cl)c(C(O)CCC3(CO)CCN(CCSc4cnccn4)CC3)c2c1. The first kappa shape index (κ1) is 25.1. The van der Waals surface area contributed by atoms with Gasteiger partial charge in [-0.1, -0.05) is 11.6 Å². The van der Waals surface area contributed by atoms with Crippen molar-refractivity contribution >= 4 is 34.3 Å². The maximum absolute atomic E-state index is 11.1. The molecule has 0 saturated carbocycles. The van der Waals surface area contributed by atoms with Gasteiger partial charge in [0, 0.05) is 48.4 Å². The van der Waals surface area contributed by atoms with E-state index in [9.17, 15) is 10.2 Å². The summed E-state index contributed by atoms with van der Waals surface area (Å²) in [5.41, 5.74) is 1.27. The van der Waals surface area contributed by atoms with E-state index < -0.39 is 6.10 Å². The molecule has 1 aliphatic rings. The van der Waals surface area contributed by atoms with Crippen molar-refractivity contribution in [1.29, 1.82) is 0 Å². The average molecular weight is 503 g/mol. The molecular weight excluding hydrogens is 472 g/mol. The molecule has 0 spiro atoms. The first-order chi connectivity index (χ1) is 16.5. The molecule has 9 heteroatoms. The van der Waals surface area contributed by atoms with E-state index in [0.717, 1.165) is 60.6 Å². The number of likely N-dealkylation sites (tertiary alicyclic amines) is 1. The van der Waals surface area contributed by atoms with Crippen LogP contribution in [0.4, 0.5) is 0 Å². The summed E-state index contributed by atoms with van der Waals surface area (Å²) in [5, 5.41) is 23.6. The molecule has 7 nitrogen and oxygen atoms in total. The van der Waals surface area contributed by atoms with Gasteiger partial charge in [0.2, 0.25) is 0 Å². The van der Waals surface area contributed by atoms with Gasteiger partial charge in [0.05, 0.1) is 29.9 Å². The van der Waals surface area contributed by atoms with Gasteiger partial charge in [-0.25, -0.2) is 4.98 Å². The number of benzene rings is 1. The summed E-state index contributed by atoms with van der Waals surface area (Å²) in [7, 11) is 1.61. The Labute approximate surface area is 209 Å². The Morgan fingerprint density at radius 1 is 1.21 bits per heavy atom. The van der Waals surface area contributed by atoms with E-state index in [1.165, 1.54) is 0 Å². The van der Waals surface area contributed by atoms with E-state index >= 15 is 0 Å². The lowest BCUT2D eigenvalue weighted by Crippen LogP contribution is -2.43. The fourth-order valence-electron chi connectivity index (χ4n) is 4.60. The smallest absolute Gasteiger partial charge is 0.119 e. The van der Waals surface area contributed by atoms with E-state index in [2.05, 4.69) is 19.9 Å². The molecule has 0 radical (unpaired) electrons. The molecule has 1 aliphatic heterocycles. The van der Waals surface area contributed by atoms with Crippen molar-refractivity contribution in [1.82, 2.24) is 19.9 Å². The lowest BCUT2D eigenvalue weighted by atomic mass is 9.74. The number of pyridine rings is 1. The number of aliphatic hydroxyl groups excluding tert-OH is 2. The summed E-state index contributed by atoms with van der Waals surface area (Å²) in [5.74, 6) is 1.65. The summed E-state index contributed by atoms with van der Waals surface area (Å²) in [6.45, 7) is 2.98. The van der Waals surface area contributed by atoms with Crippen molar-refractivity contribution in [3.05, 3.63) is 53.6 Å². The van der Waals surface area contributed by atoms with Crippen LogP contribution in [0.25, 0.3) is 10.9 Å². The van der Waals surface area contributed by atoms with Crippen LogP contribution in [0.5, 0.6) is 5.75 Å². The van der Waals surface area contributed by atoms with Crippen LogP contribution in [-0.2, 0) is 0 Å². The molecule has 1 atom stereocenters. The predicted molar refractivity (Wildman–Crippen MR) is 135 cm³/mol. The molecule has 182 valence electrons. The van der Waals surface area contributed by atoms with Gasteiger partial charge in [-0.15, -0.1) is 11.8 Å². The minimum Gasteiger partial charge on any atom is -0.497 e. The van der Waals surface area contributed by atoms with Crippen molar-refractivity contribution in [2.45, 2.75) is 36.8 Å². The molecule has 4 rings (SSSR count). The summed E-state index contributed by atoms with van der Waals surface area (Å²) < 4.78 is 5.35. The molecule has 2 aromatic heterocycles. The van der Waals surface area contributed by atoms with Crippen LogP contribution in [0, 0.1) is 5.41 Å². The third kappa shape index (κ3) is 5.98. The maximum Gasteiger partial charge on any atom is 0.119 e. The standard InChI is InChI=1S/C25H31ClN4O3S/c1-33-18-2-3-21-19(14-18)24(20(26)15-29-21)22(32)4-5-25(17-31)6-10-30(11-7-25)12-13-34-23-16-27-8-9-28-23/h2-3,8-9,14-16,22,31-32H,4-7,10-13,17H2,1H3. The summed E-state index contributed by atoms with van der Waals surface area (Å²) in [6, 6.07) is 5.58. The predicted octanol–water partition coefficient (Wildman–Crippen LogP) is 4.37. The number of hydrogen-bond acceptors (Lipinski definition) is 8. The lowest BCUT2D eigenvalue weighted by molar-refractivity contribution is 0.0254. The van der Waals surface area contributed by atoms with Gasteiger partial charge in [-0.05, 0) is 62.4 Å². The normalized spacial score (nSPS) is 17.1. The molecule has 3 heterocycles. The first-order valence-electron chi connectivity index (χ1n) is 11.6. The summed E-state index contributed by atoms with van der Waals surface area (Å²) >= 11 is 8.18. The highest BCUT2D eigenvalue weighted by Gasteiger charge is 2.34. The molecule has 34 heavy (non-hydrogen) atoms. The highest BCUT2D eigenvalue weighted by Crippen LogP contribution is 2.40. The van der Waals surface area contributed by atoms with Gasteiger partial charge in [0.25, 0.3) is 0 Å². The van der Waals surface area contributed by atoms with Gasteiger partial charge < -0.3 is 19.8 Å². The topological polar surface area (TPSA) is 91.6 Å². The number of halogens is 1. The van der Waals surface area contributed by atoms with Crippen LogP contribution in [-0.4, -0.2) is 69.2 Å². The number of rotatable bonds is 10. The molecule has 0 aliphatic carbocycles. The zero-order valence-corrected chi connectivity index (χ0v) is 20.9. The fourth-order valence-corrected chi connectivity index (χ4v) is 5.70. The summed E-state index contributed by atoms with van der Waals surface area (Å²) in [4.78, 5) is 15.2. The van der Waals surface area contributed by atoms with E-state index in [1.807, 2.05) is 18.2 Å². The number of thioether (sulfide) groups is 1. The molecule has 1 aromatic carbocycles. The van der Waals surface area contributed by atoms with Crippen molar-refractivity contribution < 1.29 is 14.9 Å². The number of methoxy groups -OCH3 is 1. The highest BCUT2D eigenvalue weighted by molar-refractivity contribution is 7.99. The van der Waals surface area contributed by atoms with Crippen molar-refractivity contribution in [3.63, 3.8) is 0 Å². The summed E-state index contributed by atoms with van der Waals surface area (Å²) in [6.07, 6.45) is 9.11. The number of fused-ring (bicyclic) bond motifs is 1. The van der Waals surface area contributed by atoms with E-state index in [0.29, 0.717) is 22.8 Å². The minimum absolute atomic E-state index is 0.126. The monoisotopic (exact) mass is 502 g/mol. The fraction of sp³-hybridized carbons (Fsp3) is 0.480. The molecular formula is C25H31ClN4O3S. The second-order valence-electron chi connectivity index (χ2n) is 8.85. The number of ether oxygens (including phenoxy) is 1. The van der Waals surface area contributed by atoms with E-state index in [4.69, 9.17) is 16.3 Å². The van der Waals surface area contributed by atoms with Gasteiger partial charge in [0.15, 0.2) is 0 Å². The molecule has 0 bridgehead atoms. The van der Waals surface area contributed by atoms with E-state index in [-0.39, 0.29) is 12.0 Å². The average Bonchev–Trinajstić information content (AvgIpc) is 2.88. The second-order valence-corrected chi connectivity index (χ2v) is 10.4. The van der Waals surface area contributed by atoms with Crippen LogP contribution in [0.2, 0.25) is 5.02 Å². The van der Waals surface area contributed by atoms with Crippen LogP contribution in [0.1, 0.15) is 37.4 Å². The second kappa shape index (κ2) is 11.6. The lowest BCUT2D eigenvalue weighted by Gasteiger charge is -2.41. The van der Waals surface area contributed by atoms with Gasteiger partial charge in [-0.3, -0.25) is 9.97 Å². The van der Waals surface area contributed by atoms with Crippen LogP contribution in [0.3, 0.4) is 0 Å².